The molecule has 9 heteroatoms. The Morgan fingerprint density at radius 2 is 2.08 bits per heavy atom. The van der Waals surface area contributed by atoms with Crippen molar-refractivity contribution in [3.8, 4) is 11.5 Å². The van der Waals surface area contributed by atoms with Crippen LogP contribution in [0.3, 0.4) is 0 Å². The molecular weight excluding hydrogens is 338 g/mol. The highest BCUT2D eigenvalue weighted by Crippen LogP contribution is 2.24. The summed E-state index contributed by atoms with van der Waals surface area (Å²) in [5, 5.41) is 12.3. The van der Waals surface area contributed by atoms with Crippen LogP contribution in [0, 0.1) is 0 Å². The van der Waals surface area contributed by atoms with Crippen LogP contribution in [0.2, 0.25) is 0 Å². The summed E-state index contributed by atoms with van der Waals surface area (Å²) in [6.45, 7) is 1.37. The minimum Gasteiger partial charge on any atom is -0.507 e. The van der Waals surface area contributed by atoms with Crippen LogP contribution in [0.5, 0.6) is 11.5 Å². The van der Waals surface area contributed by atoms with Crippen LogP contribution in [-0.2, 0) is 19.4 Å². The second-order valence-electron chi connectivity index (χ2n) is 5.54. The van der Waals surface area contributed by atoms with Gasteiger partial charge in [-0.15, -0.1) is 0 Å². The Morgan fingerprint density at radius 1 is 1.38 bits per heavy atom. The molecule has 0 aliphatic carbocycles. The zero-order valence-corrected chi connectivity index (χ0v) is 14.1. The molecule has 24 heavy (non-hydrogen) atoms. The van der Waals surface area contributed by atoms with Crippen molar-refractivity contribution in [2.75, 3.05) is 18.6 Å². The molecule has 1 heterocycles. The van der Waals surface area contributed by atoms with E-state index in [4.69, 9.17) is 9.47 Å². The number of sulfone groups is 1. The minimum atomic E-state index is -3.11. The molecule has 0 unspecified atom stereocenters. The lowest BCUT2D eigenvalue weighted by Crippen LogP contribution is -2.42. The molecule has 1 aromatic rings. The van der Waals surface area contributed by atoms with Crippen LogP contribution in [0.25, 0.3) is 0 Å². The van der Waals surface area contributed by atoms with E-state index in [9.17, 15) is 23.1 Å². The Morgan fingerprint density at radius 3 is 2.62 bits per heavy atom. The minimum absolute atomic E-state index is 0.0336. The Kier molecular flexibility index (Phi) is 5.33. The van der Waals surface area contributed by atoms with Crippen LogP contribution in [0.4, 0.5) is 0 Å². The lowest BCUT2D eigenvalue weighted by molar-refractivity contribution is -0.129. The SMILES string of the molecule is COc1ccc(C(=O)O[C@@H](C)C(=O)N[C@H]2CCS(=O)(=O)C2)c(O)c1. The van der Waals surface area contributed by atoms with E-state index in [-0.39, 0.29) is 22.8 Å². The Bertz CT molecular complexity index is 744. The van der Waals surface area contributed by atoms with Crippen molar-refractivity contribution in [3.63, 3.8) is 0 Å². The number of nitrogens with one attached hydrogen (secondary N) is 1. The Labute approximate surface area is 139 Å². The largest absolute Gasteiger partial charge is 0.507 e. The number of ether oxygens (including phenoxy) is 2. The molecule has 0 spiro atoms. The van der Waals surface area contributed by atoms with Gasteiger partial charge in [0, 0.05) is 12.1 Å². The highest BCUT2D eigenvalue weighted by Gasteiger charge is 2.31. The molecule has 8 nitrogen and oxygen atoms in total. The molecule has 0 radical (unpaired) electrons. The third-order valence-corrected chi connectivity index (χ3v) is 5.42. The van der Waals surface area contributed by atoms with E-state index < -0.39 is 33.9 Å². The number of esters is 1. The maximum Gasteiger partial charge on any atom is 0.342 e. The summed E-state index contributed by atoms with van der Waals surface area (Å²) in [5.74, 6) is -1.48. The molecule has 132 valence electrons. The summed E-state index contributed by atoms with van der Waals surface area (Å²) in [4.78, 5) is 24.0. The highest BCUT2D eigenvalue weighted by atomic mass is 32.2. The molecule has 1 aromatic carbocycles. The highest BCUT2D eigenvalue weighted by molar-refractivity contribution is 7.91. The first-order chi connectivity index (χ1) is 11.2. The zero-order chi connectivity index (χ0) is 17.9. The first kappa shape index (κ1) is 18.1. The van der Waals surface area contributed by atoms with E-state index in [0.717, 1.165) is 0 Å². The first-order valence-electron chi connectivity index (χ1n) is 7.30. The Balaban J connectivity index is 1.95. The summed E-state index contributed by atoms with van der Waals surface area (Å²) < 4.78 is 32.7. The molecule has 1 saturated heterocycles. The smallest absolute Gasteiger partial charge is 0.342 e. The van der Waals surface area contributed by atoms with Crippen LogP contribution in [0.1, 0.15) is 23.7 Å². The molecule has 2 rings (SSSR count). The van der Waals surface area contributed by atoms with Gasteiger partial charge in [0.15, 0.2) is 15.9 Å². The molecule has 1 amide bonds. The normalized spacial score (nSPS) is 20.2. The molecule has 1 aliphatic heterocycles. The molecule has 1 fully saturated rings. The summed E-state index contributed by atoms with van der Waals surface area (Å²) in [7, 11) is -1.69. The standard InChI is InChI=1S/C15H19NO7S/c1-9(14(18)16-10-5-6-24(20,21)8-10)23-15(19)12-4-3-11(22-2)7-13(12)17/h3-4,7,9-10,17H,5-6,8H2,1-2H3,(H,16,18)/t9-,10-/m0/s1. The quantitative estimate of drug-likeness (QED) is 0.725. The summed E-state index contributed by atoms with van der Waals surface area (Å²) in [6, 6.07) is 3.58. The van der Waals surface area contributed by atoms with Crippen molar-refractivity contribution in [3.05, 3.63) is 23.8 Å². The van der Waals surface area contributed by atoms with Crippen LogP contribution in [-0.4, -0.2) is 56.2 Å². The fourth-order valence-corrected chi connectivity index (χ4v) is 3.99. The van der Waals surface area contributed by atoms with Gasteiger partial charge in [-0.25, -0.2) is 13.2 Å². The number of carbonyl (C=O) groups is 2. The van der Waals surface area contributed by atoms with Gasteiger partial charge in [0.25, 0.3) is 5.91 Å². The molecular formula is C15H19NO7S. The van der Waals surface area contributed by atoms with E-state index in [1.165, 1.54) is 32.2 Å². The first-order valence-corrected chi connectivity index (χ1v) is 9.13. The fraction of sp³-hybridized carbons (Fsp3) is 0.467. The van der Waals surface area contributed by atoms with E-state index in [1.54, 1.807) is 0 Å². The predicted octanol–water partition coefficient (Wildman–Crippen LogP) is 0.249. The molecule has 2 atom stereocenters. The maximum absolute atomic E-state index is 12.0. The van der Waals surface area contributed by atoms with Gasteiger partial charge in [-0.3, -0.25) is 4.79 Å². The van der Waals surface area contributed by atoms with Crippen LogP contribution >= 0.6 is 0 Å². The van der Waals surface area contributed by atoms with Gasteiger partial charge >= 0.3 is 5.97 Å². The number of amides is 1. The number of phenols is 1. The van der Waals surface area contributed by atoms with Crippen molar-refractivity contribution in [1.82, 2.24) is 5.32 Å². The average Bonchev–Trinajstić information content (AvgIpc) is 2.85. The van der Waals surface area contributed by atoms with E-state index in [0.29, 0.717) is 12.2 Å². The van der Waals surface area contributed by atoms with E-state index >= 15 is 0 Å². The third-order valence-electron chi connectivity index (χ3n) is 3.66. The molecule has 1 aliphatic rings. The number of hydrogen-bond acceptors (Lipinski definition) is 7. The van der Waals surface area contributed by atoms with Gasteiger partial charge in [0.05, 0.1) is 18.6 Å². The van der Waals surface area contributed by atoms with Crippen LogP contribution < -0.4 is 10.1 Å². The predicted molar refractivity (Wildman–Crippen MR) is 84.7 cm³/mol. The van der Waals surface area contributed by atoms with E-state index in [2.05, 4.69) is 5.32 Å². The number of carbonyl (C=O) groups excluding carboxylic acids is 2. The maximum atomic E-state index is 12.0. The number of phenolic OH excluding ortho intramolecular Hbond substituents is 1. The van der Waals surface area contributed by atoms with Crippen molar-refractivity contribution >= 4 is 21.7 Å². The second kappa shape index (κ2) is 7.08. The van der Waals surface area contributed by atoms with Crippen molar-refractivity contribution in [2.45, 2.75) is 25.5 Å². The number of hydrogen-bond donors (Lipinski definition) is 2. The third kappa shape index (κ3) is 4.38. The lowest BCUT2D eigenvalue weighted by atomic mass is 10.2. The summed E-state index contributed by atoms with van der Waals surface area (Å²) in [5.41, 5.74) is -0.0982. The number of methoxy groups -OCH3 is 1. The summed E-state index contributed by atoms with van der Waals surface area (Å²) >= 11 is 0. The monoisotopic (exact) mass is 357 g/mol. The number of rotatable bonds is 5. The fourth-order valence-electron chi connectivity index (χ4n) is 2.32. The topological polar surface area (TPSA) is 119 Å². The number of benzene rings is 1. The van der Waals surface area contributed by atoms with Gasteiger partial charge in [0.1, 0.15) is 17.1 Å². The summed E-state index contributed by atoms with van der Waals surface area (Å²) in [6.07, 6.45) is -0.782. The van der Waals surface area contributed by atoms with Crippen molar-refractivity contribution in [2.24, 2.45) is 0 Å². The van der Waals surface area contributed by atoms with E-state index in [1.807, 2.05) is 0 Å². The van der Waals surface area contributed by atoms with Gasteiger partial charge in [-0.05, 0) is 25.5 Å². The molecule has 0 aromatic heterocycles. The van der Waals surface area contributed by atoms with Crippen molar-refractivity contribution in [1.29, 1.82) is 0 Å². The number of aromatic hydroxyl groups is 1. The zero-order valence-electron chi connectivity index (χ0n) is 13.3. The van der Waals surface area contributed by atoms with Gasteiger partial charge < -0.3 is 19.9 Å². The molecule has 0 saturated carbocycles. The van der Waals surface area contributed by atoms with Gasteiger partial charge in [-0.2, -0.15) is 0 Å². The van der Waals surface area contributed by atoms with Gasteiger partial charge in [-0.1, -0.05) is 0 Å². The lowest BCUT2D eigenvalue weighted by Gasteiger charge is -2.17. The Hall–Kier alpha value is -2.29. The second-order valence-corrected chi connectivity index (χ2v) is 7.77. The molecule has 2 N–H and O–H groups in total. The molecule has 0 bridgehead atoms. The van der Waals surface area contributed by atoms with Gasteiger partial charge in [0.2, 0.25) is 0 Å². The van der Waals surface area contributed by atoms with Crippen molar-refractivity contribution < 1.29 is 32.6 Å². The average molecular weight is 357 g/mol. The van der Waals surface area contributed by atoms with Crippen LogP contribution in [0.15, 0.2) is 18.2 Å².